The quantitative estimate of drug-likeness (QED) is 0.819. The zero-order valence-corrected chi connectivity index (χ0v) is 16.4. The van der Waals surface area contributed by atoms with Crippen molar-refractivity contribution < 1.29 is 14.3 Å². The number of carbonyl (C=O) groups is 2. The van der Waals surface area contributed by atoms with E-state index in [1.54, 1.807) is 12.0 Å². The normalized spacial score (nSPS) is 31.0. The van der Waals surface area contributed by atoms with E-state index in [-0.39, 0.29) is 17.7 Å². The van der Waals surface area contributed by atoms with Crippen molar-refractivity contribution in [2.45, 2.75) is 51.5 Å². The number of methoxy groups -OCH3 is 1. The lowest BCUT2D eigenvalue weighted by molar-refractivity contribution is -0.143. The highest BCUT2D eigenvalue weighted by Crippen LogP contribution is 2.40. The summed E-state index contributed by atoms with van der Waals surface area (Å²) in [5.41, 5.74) is 0.767. The molecule has 2 amide bonds. The topological polar surface area (TPSA) is 49.9 Å². The van der Waals surface area contributed by atoms with Crippen LogP contribution < -0.4 is 9.64 Å². The first-order valence-electron chi connectivity index (χ1n) is 10.3. The number of rotatable bonds is 3. The predicted molar refractivity (Wildman–Crippen MR) is 105 cm³/mol. The first kappa shape index (κ1) is 18.3. The van der Waals surface area contributed by atoms with E-state index in [1.807, 2.05) is 24.3 Å². The van der Waals surface area contributed by atoms with Gasteiger partial charge in [-0.1, -0.05) is 31.9 Å². The second-order valence-electron chi connectivity index (χ2n) is 8.39. The standard InChI is InChI=1S/C22H30N2O3/c1-15-11-12-23(18-8-4-3-7-17(15)18)22(26)16-13-21(25)24(14-16)19-9-5-6-10-20(19)27-2/h5-6,9-10,15-18H,3-4,7-8,11-14H2,1-2H3. The summed E-state index contributed by atoms with van der Waals surface area (Å²) in [6, 6.07) is 7.92. The highest BCUT2D eigenvalue weighted by molar-refractivity contribution is 6.01. The van der Waals surface area contributed by atoms with Gasteiger partial charge in [-0.15, -0.1) is 0 Å². The SMILES string of the molecule is COc1ccccc1N1CC(C(=O)N2CCC(C)C3CCCCC32)CC1=O. The second-order valence-corrected chi connectivity index (χ2v) is 8.39. The first-order valence-corrected chi connectivity index (χ1v) is 10.3. The number of fused-ring (bicyclic) bond motifs is 1. The van der Waals surface area contributed by atoms with Crippen molar-refractivity contribution in [3.63, 3.8) is 0 Å². The predicted octanol–water partition coefficient (Wildman–Crippen LogP) is 3.48. The molecule has 4 rings (SSSR count). The summed E-state index contributed by atoms with van der Waals surface area (Å²) in [6.07, 6.45) is 6.26. The highest BCUT2D eigenvalue weighted by Gasteiger charge is 2.44. The molecule has 0 bridgehead atoms. The third-order valence-electron chi connectivity index (χ3n) is 6.87. The monoisotopic (exact) mass is 370 g/mol. The zero-order valence-electron chi connectivity index (χ0n) is 16.4. The minimum atomic E-state index is -0.238. The molecule has 146 valence electrons. The van der Waals surface area contributed by atoms with Crippen molar-refractivity contribution >= 4 is 17.5 Å². The van der Waals surface area contributed by atoms with Gasteiger partial charge in [0.25, 0.3) is 0 Å². The van der Waals surface area contributed by atoms with Crippen molar-refractivity contribution in [3.8, 4) is 5.75 Å². The Morgan fingerprint density at radius 1 is 1.15 bits per heavy atom. The number of carbonyl (C=O) groups excluding carboxylic acids is 2. The van der Waals surface area contributed by atoms with Crippen molar-refractivity contribution in [1.82, 2.24) is 4.90 Å². The molecule has 0 radical (unpaired) electrons. The lowest BCUT2D eigenvalue weighted by Gasteiger charge is -2.48. The molecule has 1 aromatic rings. The minimum absolute atomic E-state index is 0.0171. The van der Waals surface area contributed by atoms with Crippen LogP contribution >= 0.6 is 0 Å². The van der Waals surface area contributed by atoms with Gasteiger partial charge in [0.15, 0.2) is 0 Å². The Morgan fingerprint density at radius 3 is 2.74 bits per heavy atom. The van der Waals surface area contributed by atoms with E-state index in [0.29, 0.717) is 36.6 Å². The van der Waals surface area contributed by atoms with Gasteiger partial charge in [0.1, 0.15) is 5.75 Å². The molecule has 3 fully saturated rings. The fourth-order valence-corrected chi connectivity index (χ4v) is 5.38. The molecule has 1 saturated carbocycles. The number of hydrogen-bond acceptors (Lipinski definition) is 3. The van der Waals surface area contributed by atoms with E-state index in [4.69, 9.17) is 4.74 Å². The van der Waals surface area contributed by atoms with Crippen molar-refractivity contribution in [2.75, 3.05) is 25.1 Å². The molecule has 3 aliphatic rings. The van der Waals surface area contributed by atoms with Gasteiger partial charge in [0.2, 0.25) is 11.8 Å². The average Bonchev–Trinajstić information content (AvgIpc) is 3.09. The summed E-state index contributed by atoms with van der Waals surface area (Å²) in [5, 5.41) is 0. The Labute approximate surface area is 161 Å². The molecular formula is C22H30N2O3. The van der Waals surface area contributed by atoms with Gasteiger partial charge < -0.3 is 14.5 Å². The molecule has 2 aliphatic heterocycles. The van der Waals surface area contributed by atoms with Gasteiger partial charge in [-0.2, -0.15) is 0 Å². The fourth-order valence-electron chi connectivity index (χ4n) is 5.38. The first-order chi connectivity index (χ1) is 13.1. The van der Waals surface area contributed by atoms with Crippen LogP contribution in [0.4, 0.5) is 5.69 Å². The average molecular weight is 370 g/mol. The summed E-state index contributed by atoms with van der Waals surface area (Å²) in [5.74, 6) is 1.98. The van der Waals surface area contributed by atoms with Gasteiger partial charge in [-0.3, -0.25) is 9.59 Å². The maximum absolute atomic E-state index is 13.4. The third kappa shape index (κ3) is 3.32. The summed E-state index contributed by atoms with van der Waals surface area (Å²) < 4.78 is 5.41. The van der Waals surface area contributed by atoms with Gasteiger partial charge in [0, 0.05) is 25.6 Å². The molecule has 5 nitrogen and oxygen atoms in total. The van der Waals surface area contributed by atoms with Crippen LogP contribution in [-0.4, -0.2) is 43.0 Å². The number of benzene rings is 1. The molecular weight excluding hydrogens is 340 g/mol. The summed E-state index contributed by atoms with van der Waals surface area (Å²) in [4.78, 5) is 29.9. The Kier molecular flexibility index (Phi) is 5.11. The Bertz CT molecular complexity index is 719. The van der Waals surface area contributed by atoms with Crippen LogP contribution in [-0.2, 0) is 9.59 Å². The molecule has 5 heteroatoms. The maximum atomic E-state index is 13.4. The highest BCUT2D eigenvalue weighted by atomic mass is 16.5. The zero-order chi connectivity index (χ0) is 19.0. The molecule has 2 heterocycles. The third-order valence-corrected chi connectivity index (χ3v) is 6.87. The van der Waals surface area contributed by atoms with E-state index in [1.165, 1.54) is 19.3 Å². The minimum Gasteiger partial charge on any atom is -0.495 e. The molecule has 0 spiro atoms. The van der Waals surface area contributed by atoms with Crippen LogP contribution in [0.1, 0.15) is 45.4 Å². The van der Waals surface area contributed by atoms with Gasteiger partial charge in [-0.25, -0.2) is 0 Å². The van der Waals surface area contributed by atoms with E-state index in [9.17, 15) is 9.59 Å². The molecule has 0 aromatic heterocycles. The van der Waals surface area contributed by atoms with E-state index in [0.717, 1.165) is 25.1 Å². The number of anilines is 1. The maximum Gasteiger partial charge on any atom is 0.228 e. The number of hydrogen-bond donors (Lipinski definition) is 0. The number of piperidine rings is 1. The summed E-state index contributed by atoms with van der Waals surface area (Å²) >= 11 is 0. The molecule has 1 aromatic carbocycles. The van der Waals surface area contributed by atoms with Gasteiger partial charge in [-0.05, 0) is 43.2 Å². The van der Waals surface area contributed by atoms with Crippen LogP contribution in [0, 0.1) is 17.8 Å². The number of likely N-dealkylation sites (tertiary alicyclic amines) is 1. The van der Waals surface area contributed by atoms with Gasteiger partial charge >= 0.3 is 0 Å². The molecule has 1 aliphatic carbocycles. The van der Waals surface area contributed by atoms with Crippen LogP contribution in [0.15, 0.2) is 24.3 Å². The van der Waals surface area contributed by atoms with Crippen LogP contribution in [0.3, 0.4) is 0 Å². The molecule has 4 atom stereocenters. The van der Waals surface area contributed by atoms with E-state index >= 15 is 0 Å². The van der Waals surface area contributed by atoms with Crippen LogP contribution in [0.2, 0.25) is 0 Å². The lowest BCUT2D eigenvalue weighted by Crippen LogP contribution is -2.54. The molecule has 2 saturated heterocycles. The Balaban J connectivity index is 1.51. The van der Waals surface area contributed by atoms with Crippen LogP contribution in [0.25, 0.3) is 0 Å². The number of para-hydroxylation sites is 2. The number of ether oxygens (including phenoxy) is 1. The van der Waals surface area contributed by atoms with E-state index < -0.39 is 0 Å². The second kappa shape index (κ2) is 7.53. The summed E-state index contributed by atoms with van der Waals surface area (Å²) in [6.45, 7) is 3.65. The fraction of sp³-hybridized carbons (Fsp3) is 0.636. The van der Waals surface area contributed by atoms with Crippen LogP contribution in [0.5, 0.6) is 5.75 Å². The molecule has 27 heavy (non-hydrogen) atoms. The Morgan fingerprint density at radius 2 is 1.93 bits per heavy atom. The van der Waals surface area contributed by atoms with Crippen molar-refractivity contribution in [1.29, 1.82) is 0 Å². The summed E-state index contributed by atoms with van der Waals surface area (Å²) in [7, 11) is 1.61. The van der Waals surface area contributed by atoms with Crippen molar-refractivity contribution in [2.24, 2.45) is 17.8 Å². The van der Waals surface area contributed by atoms with Gasteiger partial charge in [0.05, 0.1) is 18.7 Å². The largest absolute Gasteiger partial charge is 0.495 e. The van der Waals surface area contributed by atoms with E-state index in [2.05, 4.69) is 11.8 Å². The molecule has 0 N–H and O–H groups in total. The Hall–Kier alpha value is -2.04. The number of nitrogens with zero attached hydrogens (tertiary/aromatic N) is 2. The van der Waals surface area contributed by atoms with Crippen molar-refractivity contribution in [3.05, 3.63) is 24.3 Å². The smallest absolute Gasteiger partial charge is 0.228 e. The molecule has 4 unspecified atom stereocenters. The number of amides is 2. The lowest BCUT2D eigenvalue weighted by atomic mass is 9.72.